The molecule has 1 aliphatic heterocycles. The lowest BCUT2D eigenvalue weighted by Gasteiger charge is -2.18. The van der Waals surface area contributed by atoms with Gasteiger partial charge in [0.05, 0.1) is 0 Å². The minimum absolute atomic E-state index is 0.161. The number of benzene rings is 1. The zero-order valence-electron chi connectivity index (χ0n) is 9.06. The molecule has 0 spiro atoms. The summed E-state index contributed by atoms with van der Waals surface area (Å²) in [6, 6.07) is 8.04. The molecule has 0 aliphatic carbocycles. The molecule has 2 unspecified atom stereocenters. The molecule has 2 N–H and O–H groups in total. The zero-order chi connectivity index (χ0) is 11.4. The van der Waals surface area contributed by atoms with E-state index in [0.29, 0.717) is 12.5 Å². The van der Waals surface area contributed by atoms with Crippen LogP contribution in [-0.4, -0.2) is 24.2 Å². The van der Waals surface area contributed by atoms with E-state index < -0.39 is 0 Å². The smallest absolute Gasteiger partial charge is 0.120 e. The number of halogens is 1. The lowest BCUT2D eigenvalue weighted by Crippen LogP contribution is -2.35. The fourth-order valence-corrected chi connectivity index (χ4v) is 3.51. The third kappa shape index (κ3) is 3.40. The minimum atomic E-state index is 0.161. The van der Waals surface area contributed by atoms with E-state index in [9.17, 15) is 0 Å². The van der Waals surface area contributed by atoms with Crippen LogP contribution in [0.25, 0.3) is 0 Å². The van der Waals surface area contributed by atoms with Crippen LogP contribution in [0.3, 0.4) is 0 Å². The van der Waals surface area contributed by atoms with Gasteiger partial charge in [-0.1, -0.05) is 22.0 Å². The lowest BCUT2D eigenvalue weighted by atomic mass is 10.0. The number of thioether (sulfide) groups is 1. The minimum Gasteiger partial charge on any atom is -0.492 e. The number of hydrogen-bond acceptors (Lipinski definition) is 3. The molecule has 2 rings (SSSR count). The fraction of sp³-hybridized carbons (Fsp3) is 0.500. The highest BCUT2D eigenvalue weighted by atomic mass is 79.9. The molecule has 0 bridgehead atoms. The van der Waals surface area contributed by atoms with Crippen LogP contribution in [0.1, 0.15) is 6.42 Å². The molecular formula is C12H16BrNOS. The molecule has 0 radical (unpaired) electrons. The Balaban J connectivity index is 1.82. The second kappa shape index (κ2) is 5.94. The van der Waals surface area contributed by atoms with Gasteiger partial charge in [-0.3, -0.25) is 0 Å². The van der Waals surface area contributed by atoms with Crippen molar-refractivity contribution in [3.05, 3.63) is 28.7 Å². The summed E-state index contributed by atoms with van der Waals surface area (Å²) in [7, 11) is 0. The Morgan fingerprint density at radius 1 is 1.56 bits per heavy atom. The van der Waals surface area contributed by atoms with Crippen LogP contribution in [0.5, 0.6) is 5.75 Å². The average Bonchev–Trinajstić information content (AvgIpc) is 2.79. The van der Waals surface area contributed by atoms with E-state index in [2.05, 4.69) is 15.9 Å². The predicted octanol–water partition coefficient (Wildman–Crippen LogP) is 2.91. The molecule has 1 fully saturated rings. The van der Waals surface area contributed by atoms with Crippen molar-refractivity contribution >= 4 is 27.7 Å². The standard InChI is InChI=1S/C12H16BrNOS/c13-10-2-1-3-11(6-10)15-7-12(14)9-4-5-16-8-9/h1-3,6,9,12H,4-5,7-8,14H2. The molecule has 0 amide bonds. The summed E-state index contributed by atoms with van der Waals surface area (Å²) in [6.45, 7) is 0.613. The van der Waals surface area contributed by atoms with Gasteiger partial charge in [-0.2, -0.15) is 11.8 Å². The summed E-state index contributed by atoms with van der Waals surface area (Å²) in [5.74, 6) is 3.94. The molecule has 0 aromatic heterocycles. The molecule has 1 aliphatic rings. The van der Waals surface area contributed by atoms with Crippen molar-refractivity contribution in [3.63, 3.8) is 0 Å². The van der Waals surface area contributed by atoms with E-state index in [1.807, 2.05) is 36.0 Å². The maximum Gasteiger partial charge on any atom is 0.120 e. The van der Waals surface area contributed by atoms with Crippen molar-refractivity contribution < 1.29 is 4.74 Å². The van der Waals surface area contributed by atoms with E-state index >= 15 is 0 Å². The Kier molecular flexibility index (Phi) is 4.55. The summed E-state index contributed by atoms with van der Waals surface area (Å²) in [6.07, 6.45) is 1.23. The number of rotatable bonds is 4. The largest absolute Gasteiger partial charge is 0.492 e. The van der Waals surface area contributed by atoms with Gasteiger partial charge in [-0.25, -0.2) is 0 Å². The van der Waals surface area contributed by atoms with Crippen LogP contribution in [-0.2, 0) is 0 Å². The van der Waals surface area contributed by atoms with E-state index in [-0.39, 0.29) is 6.04 Å². The van der Waals surface area contributed by atoms with E-state index in [0.717, 1.165) is 10.2 Å². The van der Waals surface area contributed by atoms with Gasteiger partial charge in [-0.15, -0.1) is 0 Å². The normalized spacial score (nSPS) is 22.0. The van der Waals surface area contributed by atoms with Crippen LogP contribution in [0, 0.1) is 5.92 Å². The van der Waals surface area contributed by atoms with Gasteiger partial charge in [-0.05, 0) is 42.0 Å². The van der Waals surface area contributed by atoms with Crippen LogP contribution in [0.15, 0.2) is 28.7 Å². The summed E-state index contributed by atoms with van der Waals surface area (Å²) >= 11 is 5.41. The zero-order valence-corrected chi connectivity index (χ0v) is 11.5. The van der Waals surface area contributed by atoms with Crippen molar-refractivity contribution in [2.75, 3.05) is 18.1 Å². The van der Waals surface area contributed by atoms with E-state index in [1.54, 1.807) is 0 Å². The predicted molar refractivity (Wildman–Crippen MR) is 73.0 cm³/mol. The van der Waals surface area contributed by atoms with Crippen molar-refractivity contribution in [1.82, 2.24) is 0 Å². The van der Waals surface area contributed by atoms with Gasteiger partial charge in [0.1, 0.15) is 12.4 Å². The van der Waals surface area contributed by atoms with Crippen molar-refractivity contribution in [2.24, 2.45) is 11.7 Å². The third-order valence-electron chi connectivity index (χ3n) is 2.81. The van der Waals surface area contributed by atoms with E-state index in [1.165, 1.54) is 17.9 Å². The van der Waals surface area contributed by atoms with Gasteiger partial charge >= 0.3 is 0 Å². The Labute approximate surface area is 109 Å². The topological polar surface area (TPSA) is 35.2 Å². The summed E-state index contributed by atoms with van der Waals surface area (Å²) in [5.41, 5.74) is 6.11. The molecule has 1 aromatic rings. The van der Waals surface area contributed by atoms with Gasteiger partial charge < -0.3 is 10.5 Å². The molecule has 2 atom stereocenters. The van der Waals surface area contributed by atoms with Crippen molar-refractivity contribution in [3.8, 4) is 5.75 Å². The highest BCUT2D eigenvalue weighted by Gasteiger charge is 2.22. The van der Waals surface area contributed by atoms with Gasteiger partial charge in [0.25, 0.3) is 0 Å². The van der Waals surface area contributed by atoms with Crippen LogP contribution in [0.4, 0.5) is 0 Å². The molecule has 1 heterocycles. The molecule has 88 valence electrons. The molecule has 0 saturated carbocycles. The second-order valence-electron chi connectivity index (χ2n) is 4.06. The second-order valence-corrected chi connectivity index (χ2v) is 6.12. The Morgan fingerprint density at radius 2 is 2.44 bits per heavy atom. The maximum absolute atomic E-state index is 6.11. The summed E-state index contributed by atoms with van der Waals surface area (Å²) in [4.78, 5) is 0. The fourth-order valence-electron chi connectivity index (χ4n) is 1.78. The average molecular weight is 302 g/mol. The van der Waals surface area contributed by atoms with Crippen molar-refractivity contribution in [2.45, 2.75) is 12.5 Å². The SMILES string of the molecule is NC(COc1cccc(Br)c1)C1CCSC1. The lowest BCUT2D eigenvalue weighted by molar-refractivity contribution is 0.255. The molecule has 1 aromatic carbocycles. The van der Waals surface area contributed by atoms with Crippen LogP contribution < -0.4 is 10.5 Å². The Bertz CT molecular complexity index is 342. The number of nitrogens with two attached hydrogens (primary N) is 1. The highest BCUT2D eigenvalue weighted by Crippen LogP contribution is 2.26. The highest BCUT2D eigenvalue weighted by molar-refractivity contribution is 9.10. The van der Waals surface area contributed by atoms with E-state index in [4.69, 9.17) is 10.5 Å². The number of ether oxygens (including phenoxy) is 1. The summed E-state index contributed by atoms with van der Waals surface area (Å²) < 4.78 is 6.73. The van der Waals surface area contributed by atoms with Crippen LogP contribution in [0.2, 0.25) is 0 Å². The Hall–Kier alpha value is -0.190. The van der Waals surface area contributed by atoms with Crippen LogP contribution >= 0.6 is 27.7 Å². The monoisotopic (exact) mass is 301 g/mol. The third-order valence-corrected chi connectivity index (χ3v) is 4.49. The first-order valence-electron chi connectivity index (χ1n) is 5.47. The maximum atomic E-state index is 6.11. The Morgan fingerprint density at radius 3 is 3.12 bits per heavy atom. The molecule has 16 heavy (non-hydrogen) atoms. The summed E-state index contributed by atoms with van der Waals surface area (Å²) in [5, 5.41) is 0. The molecule has 1 saturated heterocycles. The van der Waals surface area contributed by atoms with Gasteiger partial charge in [0.15, 0.2) is 0 Å². The molecule has 2 nitrogen and oxygen atoms in total. The first-order valence-corrected chi connectivity index (χ1v) is 7.42. The number of hydrogen-bond donors (Lipinski definition) is 1. The first kappa shape index (κ1) is 12.3. The molecular weight excluding hydrogens is 286 g/mol. The van der Waals surface area contributed by atoms with Gasteiger partial charge in [0, 0.05) is 10.5 Å². The molecule has 4 heteroatoms. The first-order chi connectivity index (χ1) is 7.75. The quantitative estimate of drug-likeness (QED) is 0.929. The van der Waals surface area contributed by atoms with Crippen molar-refractivity contribution in [1.29, 1.82) is 0 Å². The van der Waals surface area contributed by atoms with Gasteiger partial charge in [0.2, 0.25) is 0 Å².